The first-order chi connectivity index (χ1) is 11.9. The quantitative estimate of drug-likeness (QED) is 0.803. The lowest BCUT2D eigenvalue weighted by atomic mass is 10.3. The molecule has 2 amide bonds. The van der Waals surface area contributed by atoms with E-state index >= 15 is 0 Å². The van der Waals surface area contributed by atoms with Gasteiger partial charge in [0.1, 0.15) is 0 Å². The number of rotatable bonds is 7. The fraction of sp³-hybridized carbons (Fsp3) is 0.389. The first kappa shape index (κ1) is 18.5. The van der Waals surface area contributed by atoms with E-state index < -0.39 is 0 Å². The highest BCUT2D eigenvalue weighted by atomic mass is 16.5. The fourth-order valence-electron chi connectivity index (χ4n) is 2.17. The highest BCUT2D eigenvalue weighted by Crippen LogP contribution is 2.20. The van der Waals surface area contributed by atoms with Gasteiger partial charge in [-0.25, -0.2) is 4.68 Å². The topological polar surface area (TPSA) is 85.2 Å². The molecule has 0 aliphatic rings. The number of carbonyl (C=O) groups excluding carboxylic acids is 2. The zero-order chi connectivity index (χ0) is 18.4. The van der Waals surface area contributed by atoms with Crippen LogP contribution in [0.3, 0.4) is 0 Å². The van der Waals surface area contributed by atoms with Gasteiger partial charge in [-0.1, -0.05) is 18.2 Å². The molecule has 2 N–H and O–H groups in total. The van der Waals surface area contributed by atoms with Crippen molar-refractivity contribution in [1.82, 2.24) is 20.4 Å². The number of hydrogen-bond acceptors (Lipinski definition) is 4. The van der Waals surface area contributed by atoms with E-state index in [9.17, 15) is 9.59 Å². The van der Waals surface area contributed by atoms with Crippen LogP contribution in [0.2, 0.25) is 0 Å². The zero-order valence-electron chi connectivity index (χ0n) is 14.9. The maximum Gasteiger partial charge on any atom is 0.275 e. The Labute approximate surface area is 147 Å². The number of ether oxygens (including phenoxy) is 1. The van der Waals surface area contributed by atoms with E-state index in [1.54, 1.807) is 10.9 Å². The van der Waals surface area contributed by atoms with E-state index in [0.717, 1.165) is 5.69 Å². The number of benzene rings is 1. The molecule has 0 radical (unpaired) electrons. The molecule has 0 bridgehead atoms. The van der Waals surface area contributed by atoms with Gasteiger partial charge < -0.3 is 15.4 Å². The van der Waals surface area contributed by atoms with Crippen LogP contribution in [0.4, 0.5) is 0 Å². The van der Waals surface area contributed by atoms with Crippen molar-refractivity contribution in [3.8, 4) is 11.4 Å². The molecule has 134 valence electrons. The molecule has 1 aromatic heterocycles. The summed E-state index contributed by atoms with van der Waals surface area (Å²) in [7, 11) is 0. The van der Waals surface area contributed by atoms with Crippen LogP contribution >= 0.6 is 0 Å². The van der Waals surface area contributed by atoms with Crippen LogP contribution in [0.5, 0.6) is 5.75 Å². The number of carbonyl (C=O) groups is 2. The second kappa shape index (κ2) is 8.32. The third-order valence-electron chi connectivity index (χ3n) is 3.14. The Bertz CT molecular complexity index is 723. The zero-order valence-corrected chi connectivity index (χ0v) is 14.9. The van der Waals surface area contributed by atoms with E-state index in [2.05, 4.69) is 15.7 Å². The molecule has 1 heterocycles. The first-order valence-corrected chi connectivity index (χ1v) is 8.25. The van der Waals surface area contributed by atoms with Gasteiger partial charge in [0.05, 0.1) is 11.9 Å². The monoisotopic (exact) mass is 344 g/mol. The fourth-order valence-corrected chi connectivity index (χ4v) is 2.17. The van der Waals surface area contributed by atoms with Crippen LogP contribution in [-0.4, -0.2) is 40.3 Å². The SMILES string of the molecule is CC(C)NC(=O)COc1cn(-c2ccccc2)nc1C(=O)NC(C)C. The van der Waals surface area contributed by atoms with Crippen molar-refractivity contribution in [2.75, 3.05) is 6.61 Å². The molecule has 7 heteroatoms. The van der Waals surface area contributed by atoms with Crippen molar-refractivity contribution in [1.29, 1.82) is 0 Å². The highest BCUT2D eigenvalue weighted by Gasteiger charge is 2.20. The van der Waals surface area contributed by atoms with Crippen LogP contribution in [0.1, 0.15) is 38.2 Å². The predicted molar refractivity (Wildman–Crippen MR) is 94.9 cm³/mol. The van der Waals surface area contributed by atoms with E-state index in [1.165, 1.54) is 0 Å². The van der Waals surface area contributed by atoms with Crippen LogP contribution in [-0.2, 0) is 4.79 Å². The van der Waals surface area contributed by atoms with Crippen molar-refractivity contribution in [3.05, 3.63) is 42.2 Å². The number of aromatic nitrogens is 2. The highest BCUT2D eigenvalue weighted by molar-refractivity contribution is 5.95. The summed E-state index contributed by atoms with van der Waals surface area (Å²) in [5.74, 6) is -0.331. The molecule has 1 aromatic carbocycles. The van der Waals surface area contributed by atoms with Crippen molar-refractivity contribution in [3.63, 3.8) is 0 Å². The van der Waals surface area contributed by atoms with Gasteiger partial charge in [0.2, 0.25) is 0 Å². The Balaban J connectivity index is 2.24. The molecule has 0 aliphatic heterocycles. The first-order valence-electron chi connectivity index (χ1n) is 8.25. The predicted octanol–water partition coefficient (Wildman–Crippen LogP) is 1.91. The normalized spacial score (nSPS) is 10.8. The molecule has 2 rings (SSSR count). The molecule has 0 fully saturated rings. The number of amides is 2. The summed E-state index contributed by atoms with van der Waals surface area (Å²) in [5, 5.41) is 9.85. The lowest BCUT2D eigenvalue weighted by molar-refractivity contribution is -0.123. The lowest BCUT2D eigenvalue weighted by Gasteiger charge is -2.10. The molecule has 0 saturated carbocycles. The molecular weight excluding hydrogens is 320 g/mol. The standard InChI is InChI=1S/C18H24N4O3/c1-12(2)19-16(23)11-25-15-10-22(14-8-6-5-7-9-14)21-17(15)18(24)20-13(3)4/h5-10,12-13H,11H2,1-4H3,(H,19,23)(H,20,24). The second-order valence-corrected chi connectivity index (χ2v) is 6.26. The number of nitrogens with zero attached hydrogens (tertiary/aromatic N) is 2. The van der Waals surface area contributed by atoms with Gasteiger partial charge in [0, 0.05) is 12.1 Å². The Morgan fingerprint density at radius 1 is 1.08 bits per heavy atom. The minimum absolute atomic E-state index is 0.0202. The smallest absolute Gasteiger partial charge is 0.275 e. The summed E-state index contributed by atoms with van der Waals surface area (Å²) in [6.45, 7) is 7.28. The van der Waals surface area contributed by atoms with E-state index in [4.69, 9.17) is 4.74 Å². The Morgan fingerprint density at radius 3 is 2.32 bits per heavy atom. The summed E-state index contributed by atoms with van der Waals surface area (Å²) in [4.78, 5) is 24.2. The molecule has 25 heavy (non-hydrogen) atoms. The molecule has 0 spiro atoms. The molecule has 0 saturated heterocycles. The van der Waals surface area contributed by atoms with E-state index in [1.807, 2.05) is 58.0 Å². The third kappa shape index (κ3) is 5.34. The summed E-state index contributed by atoms with van der Waals surface area (Å²) >= 11 is 0. The van der Waals surface area contributed by atoms with Gasteiger partial charge >= 0.3 is 0 Å². The molecule has 0 atom stereocenters. The van der Waals surface area contributed by atoms with Crippen molar-refractivity contribution in [2.45, 2.75) is 39.8 Å². The summed E-state index contributed by atoms with van der Waals surface area (Å²) < 4.78 is 7.11. The van der Waals surface area contributed by atoms with Crippen molar-refractivity contribution in [2.24, 2.45) is 0 Å². The average Bonchev–Trinajstić information content (AvgIpc) is 2.97. The molecule has 2 aromatic rings. The van der Waals surface area contributed by atoms with Crippen LogP contribution < -0.4 is 15.4 Å². The van der Waals surface area contributed by atoms with E-state index in [0.29, 0.717) is 0 Å². The lowest BCUT2D eigenvalue weighted by Crippen LogP contribution is -2.34. The summed E-state index contributed by atoms with van der Waals surface area (Å²) in [6.07, 6.45) is 1.60. The maximum atomic E-state index is 12.4. The Hall–Kier alpha value is -2.83. The average molecular weight is 344 g/mol. The summed E-state index contributed by atoms with van der Waals surface area (Å²) in [5.41, 5.74) is 0.942. The van der Waals surface area contributed by atoms with Gasteiger partial charge in [-0.3, -0.25) is 9.59 Å². The van der Waals surface area contributed by atoms with E-state index in [-0.39, 0.29) is 41.9 Å². The number of hydrogen-bond donors (Lipinski definition) is 2. The third-order valence-corrected chi connectivity index (χ3v) is 3.14. The number of para-hydroxylation sites is 1. The maximum absolute atomic E-state index is 12.4. The van der Waals surface area contributed by atoms with Crippen LogP contribution in [0.15, 0.2) is 36.5 Å². The Morgan fingerprint density at radius 2 is 1.72 bits per heavy atom. The Kier molecular flexibility index (Phi) is 6.16. The molecular formula is C18H24N4O3. The van der Waals surface area contributed by atoms with Crippen LogP contribution in [0, 0.1) is 0 Å². The van der Waals surface area contributed by atoms with Crippen molar-refractivity contribution >= 4 is 11.8 Å². The van der Waals surface area contributed by atoms with Gasteiger partial charge in [0.25, 0.3) is 11.8 Å². The summed E-state index contributed by atoms with van der Waals surface area (Å²) in [6, 6.07) is 9.37. The van der Waals surface area contributed by atoms with Gasteiger partial charge in [-0.05, 0) is 39.8 Å². The molecule has 0 aliphatic carbocycles. The van der Waals surface area contributed by atoms with Crippen LogP contribution in [0.25, 0.3) is 5.69 Å². The van der Waals surface area contributed by atoms with Crippen molar-refractivity contribution < 1.29 is 14.3 Å². The van der Waals surface area contributed by atoms with Gasteiger partial charge in [-0.15, -0.1) is 0 Å². The minimum atomic E-state index is -0.344. The second-order valence-electron chi connectivity index (χ2n) is 6.26. The molecule has 0 unspecified atom stereocenters. The van der Waals surface area contributed by atoms with Gasteiger partial charge in [0.15, 0.2) is 18.1 Å². The largest absolute Gasteiger partial charge is 0.480 e. The minimum Gasteiger partial charge on any atom is -0.480 e. The number of nitrogens with one attached hydrogen (secondary N) is 2. The molecule has 7 nitrogen and oxygen atoms in total. The van der Waals surface area contributed by atoms with Gasteiger partial charge in [-0.2, -0.15) is 5.10 Å².